The number of hydrazine groups is 1. The molecule has 0 saturated carbocycles. The topological polar surface area (TPSA) is 91.0 Å². The third kappa shape index (κ3) is 7.05. The minimum Gasteiger partial charge on any atom is -0.375 e. The van der Waals surface area contributed by atoms with Crippen molar-refractivity contribution in [3.63, 3.8) is 0 Å². The molecule has 1 atom stereocenters. The fourth-order valence-corrected chi connectivity index (χ4v) is 6.77. The third-order valence-electron chi connectivity index (χ3n) is 7.87. The highest BCUT2D eigenvalue weighted by atomic mass is 35.5. The van der Waals surface area contributed by atoms with Gasteiger partial charge < -0.3 is 4.74 Å². The number of anilines is 1. The molecule has 0 bridgehead atoms. The molecule has 218 valence electrons. The third-order valence-corrected chi connectivity index (χ3v) is 9.91. The number of carbonyl (C=O) groups excluding carboxylic acids is 1. The number of carbonyl (C=O) groups is 1. The van der Waals surface area contributed by atoms with Crippen LogP contribution in [0.4, 0.5) is 5.69 Å². The van der Waals surface area contributed by atoms with E-state index in [1.54, 1.807) is 12.1 Å². The number of amides is 1. The molecule has 0 aromatic heterocycles. The first-order chi connectivity index (χ1) is 19.6. The largest absolute Gasteiger partial charge is 0.375 e. The predicted octanol–water partition coefficient (Wildman–Crippen LogP) is 4.51. The fraction of sp³-hybridized carbons (Fsp3) is 0.367. The molecule has 5 rings (SSSR count). The van der Waals surface area contributed by atoms with Crippen molar-refractivity contribution in [2.75, 3.05) is 37.5 Å². The van der Waals surface area contributed by atoms with Gasteiger partial charge in [0, 0.05) is 31.6 Å². The highest BCUT2D eigenvalue weighted by molar-refractivity contribution is 7.88. The van der Waals surface area contributed by atoms with Crippen molar-refractivity contribution in [1.82, 2.24) is 15.0 Å². The van der Waals surface area contributed by atoms with Crippen molar-refractivity contribution in [2.45, 2.75) is 37.5 Å². The average Bonchev–Trinajstić information content (AvgIpc) is 3.25. The van der Waals surface area contributed by atoms with Crippen LogP contribution >= 0.6 is 23.2 Å². The highest BCUT2D eigenvalue weighted by Gasteiger charge is 2.46. The molecule has 8 nitrogen and oxygen atoms in total. The Morgan fingerprint density at radius 2 is 1.68 bits per heavy atom. The number of fused-ring (bicyclic) bond motifs is 2. The van der Waals surface area contributed by atoms with Gasteiger partial charge in [-0.05, 0) is 47.7 Å². The van der Waals surface area contributed by atoms with Gasteiger partial charge in [0.1, 0.15) is 6.04 Å². The summed E-state index contributed by atoms with van der Waals surface area (Å²) in [5.74, 6) is -0.213. The maximum absolute atomic E-state index is 13.7. The fourth-order valence-electron chi connectivity index (χ4n) is 5.60. The number of ether oxygens (including phenoxy) is 1. The lowest BCUT2D eigenvalue weighted by Crippen LogP contribution is -2.54. The Morgan fingerprint density at radius 3 is 2.39 bits per heavy atom. The van der Waals surface area contributed by atoms with Crippen LogP contribution in [0.25, 0.3) is 0 Å². The van der Waals surface area contributed by atoms with Crippen molar-refractivity contribution in [2.24, 2.45) is 0 Å². The molecule has 2 aliphatic heterocycles. The lowest BCUT2D eigenvalue weighted by Gasteiger charge is -2.38. The molecule has 1 fully saturated rings. The van der Waals surface area contributed by atoms with Crippen LogP contribution in [0.1, 0.15) is 29.5 Å². The van der Waals surface area contributed by atoms with Gasteiger partial charge in [0.05, 0.1) is 35.2 Å². The summed E-state index contributed by atoms with van der Waals surface area (Å²) in [6, 6.07) is 22.6. The van der Waals surface area contributed by atoms with Crippen LogP contribution in [0.3, 0.4) is 0 Å². The molecule has 41 heavy (non-hydrogen) atoms. The smallest absolute Gasteiger partial charge is 0.258 e. The maximum atomic E-state index is 13.7. The summed E-state index contributed by atoms with van der Waals surface area (Å²) >= 11 is 12.2. The summed E-state index contributed by atoms with van der Waals surface area (Å²) in [6.07, 6.45) is 2.63. The van der Waals surface area contributed by atoms with Gasteiger partial charge in [-0.2, -0.15) is 0 Å². The number of rotatable bonds is 10. The molecule has 0 aliphatic carbocycles. The normalized spacial score (nSPS) is 17.4. The van der Waals surface area contributed by atoms with E-state index in [0.717, 1.165) is 22.4 Å². The average molecular weight is 618 g/mol. The lowest BCUT2D eigenvalue weighted by atomic mass is 9.75. The lowest BCUT2D eigenvalue weighted by molar-refractivity contribution is -0.125. The Kier molecular flexibility index (Phi) is 9.23. The summed E-state index contributed by atoms with van der Waals surface area (Å²) in [4.78, 5) is 13.7. The quantitative estimate of drug-likeness (QED) is 0.348. The number of piperidine rings is 1. The second-order valence-electron chi connectivity index (χ2n) is 10.7. The van der Waals surface area contributed by atoms with Crippen LogP contribution in [-0.2, 0) is 38.1 Å². The number of benzene rings is 3. The van der Waals surface area contributed by atoms with Crippen molar-refractivity contribution in [3.8, 4) is 0 Å². The second-order valence-corrected chi connectivity index (χ2v) is 13.5. The molecular weight excluding hydrogens is 583 g/mol. The van der Waals surface area contributed by atoms with Crippen LogP contribution < -0.4 is 15.8 Å². The number of halogens is 2. The Morgan fingerprint density at radius 1 is 0.976 bits per heavy atom. The number of hydrogen-bond acceptors (Lipinski definition) is 6. The van der Waals surface area contributed by atoms with Gasteiger partial charge in [-0.25, -0.2) is 12.7 Å². The summed E-state index contributed by atoms with van der Waals surface area (Å²) in [5.41, 5.74) is 6.88. The number of nitrogens with zero attached hydrogens (tertiary/aromatic N) is 2. The number of sulfonamides is 1. The standard InChI is InChI=1S/C30H34Cl2N4O4S/c1-41(38,39)35-15-13-30(14-16-35)21-36(28-10-6-5-9-24(28)30)34-29(37)27(33-18-22-7-3-2-4-8-22)20-40-19-23-11-12-25(31)26(32)17-23/h2-12,17,27,33H,13-16,18-21H2,1H3,(H,34,37). The maximum Gasteiger partial charge on any atom is 0.258 e. The monoisotopic (exact) mass is 616 g/mol. The zero-order chi connectivity index (χ0) is 29.0. The zero-order valence-corrected chi connectivity index (χ0v) is 25.2. The minimum atomic E-state index is -3.24. The SMILES string of the molecule is CS(=O)(=O)N1CCC2(CC1)CN(NC(=O)C(COCc1ccc(Cl)c(Cl)c1)NCc1ccccc1)c1ccccc12. The number of nitrogens with one attached hydrogen (secondary N) is 2. The summed E-state index contributed by atoms with van der Waals surface area (Å²) < 4.78 is 31.7. The zero-order valence-electron chi connectivity index (χ0n) is 22.9. The van der Waals surface area contributed by atoms with Gasteiger partial charge in [-0.1, -0.05) is 77.8 Å². The van der Waals surface area contributed by atoms with Crippen molar-refractivity contribution in [1.29, 1.82) is 0 Å². The second kappa shape index (κ2) is 12.7. The first-order valence-corrected chi connectivity index (χ1v) is 16.2. The molecule has 11 heteroatoms. The number of hydrogen-bond donors (Lipinski definition) is 2. The minimum absolute atomic E-state index is 0.142. The molecule has 1 saturated heterocycles. The van der Waals surface area contributed by atoms with Gasteiger partial charge in [-0.15, -0.1) is 0 Å². The molecular formula is C30H34Cl2N4O4S. The van der Waals surface area contributed by atoms with Crippen LogP contribution in [0.5, 0.6) is 0 Å². The summed E-state index contributed by atoms with van der Waals surface area (Å²) in [7, 11) is -3.24. The van der Waals surface area contributed by atoms with E-state index >= 15 is 0 Å². The molecule has 3 aromatic rings. The van der Waals surface area contributed by atoms with Crippen molar-refractivity contribution >= 4 is 44.8 Å². The van der Waals surface area contributed by atoms with E-state index in [4.69, 9.17) is 27.9 Å². The Labute approximate surface area is 251 Å². The van der Waals surface area contributed by atoms with Crippen LogP contribution in [-0.4, -0.2) is 57.2 Å². The van der Waals surface area contributed by atoms with Gasteiger partial charge in [0.2, 0.25) is 10.0 Å². The van der Waals surface area contributed by atoms with E-state index in [9.17, 15) is 13.2 Å². The van der Waals surface area contributed by atoms with Crippen LogP contribution in [0.15, 0.2) is 72.8 Å². The Hall–Kier alpha value is -2.66. The van der Waals surface area contributed by atoms with E-state index in [2.05, 4.69) is 16.8 Å². The van der Waals surface area contributed by atoms with E-state index in [1.807, 2.05) is 59.6 Å². The van der Waals surface area contributed by atoms with E-state index in [0.29, 0.717) is 49.1 Å². The molecule has 2 N–H and O–H groups in total. The summed E-state index contributed by atoms with van der Waals surface area (Å²) in [5, 5.41) is 6.18. The Bertz CT molecular complexity index is 1480. The van der Waals surface area contributed by atoms with Gasteiger partial charge in [-0.3, -0.25) is 20.5 Å². The van der Waals surface area contributed by atoms with Crippen molar-refractivity contribution in [3.05, 3.63) is 99.5 Å². The van der Waals surface area contributed by atoms with Crippen molar-refractivity contribution < 1.29 is 17.9 Å². The van der Waals surface area contributed by atoms with E-state index < -0.39 is 16.1 Å². The van der Waals surface area contributed by atoms with Crippen LogP contribution in [0.2, 0.25) is 10.0 Å². The highest BCUT2D eigenvalue weighted by Crippen LogP contribution is 2.46. The van der Waals surface area contributed by atoms with E-state index in [-0.39, 0.29) is 24.5 Å². The molecule has 1 unspecified atom stereocenters. The summed E-state index contributed by atoms with van der Waals surface area (Å²) in [6.45, 7) is 2.41. The molecule has 1 spiro atoms. The van der Waals surface area contributed by atoms with E-state index in [1.165, 1.54) is 10.6 Å². The van der Waals surface area contributed by atoms with Gasteiger partial charge in [0.15, 0.2) is 0 Å². The number of para-hydroxylation sites is 1. The van der Waals surface area contributed by atoms with Gasteiger partial charge >= 0.3 is 0 Å². The molecule has 3 aromatic carbocycles. The molecule has 2 heterocycles. The Balaban J connectivity index is 1.28. The molecule has 1 amide bonds. The predicted molar refractivity (Wildman–Crippen MR) is 162 cm³/mol. The first kappa shape index (κ1) is 29.8. The molecule has 0 radical (unpaired) electrons. The first-order valence-electron chi connectivity index (χ1n) is 13.6. The molecule has 2 aliphatic rings. The van der Waals surface area contributed by atoms with Crippen LogP contribution in [0, 0.1) is 0 Å². The van der Waals surface area contributed by atoms with Gasteiger partial charge in [0.25, 0.3) is 5.91 Å².